The highest BCUT2D eigenvalue weighted by molar-refractivity contribution is 5.80. The molecular weight excluding hydrogens is 406 g/mol. The van der Waals surface area contributed by atoms with Gasteiger partial charge in [-0.3, -0.25) is 4.99 Å². The molecule has 3 N–H and O–H groups in total. The Labute approximate surface area is 190 Å². The lowest BCUT2D eigenvalue weighted by Gasteiger charge is -2.27. The number of carbonyl (C=O) groups is 1. The number of carbonyl (C=O) groups excluding carboxylic acids is 1. The van der Waals surface area contributed by atoms with Crippen molar-refractivity contribution in [2.75, 3.05) is 13.6 Å². The molecule has 9 nitrogen and oxygen atoms in total. The summed E-state index contributed by atoms with van der Waals surface area (Å²) in [4.78, 5) is 21.3. The molecule has 2 heterocycles. The summed E-state index contributed by atoms with van der Waals surface area (Å²) in [6, 6.07) is 9.76. The molecule has 0 radical (unpaired) electrons. The molecule has 1 amide bonds. The van der Waals surface area contributed by atoms with Gasteiger partial charge in [-0.15, -0.1) is 0 Å². The van der Waals surface area contributed by atoms with Gasteiger partial charge in [-0.1, -0.05) is 37.3 Å². The number of guanidine groups is 1. The lowest BCUT2D eigenvalue weighted by molar-refractivity contribution is 0.0504. The zero-order valence-corrected chi connectivity index (χ0v) is 19.7. The number of nitrogens with zero attached hydrogens (tertiary/aromatic N) is 4. The molecule has 1 aliphatic rings. The molecule has 32 heavy (non-hydrogen) atoms. The lowest BCUT2D eigenvalue weighted by atomic mass is 10.1. The van der Waals surface area contributed by atoms with Crippen LogP contribution in [0.5, 0.6) is 0 Å². The predicted octanol–water partition coefficient (Wildman–Crippen LogP) is 2.59. The third kappa shape index (κ3) is 6.70. The zero-order valence-electron chi connectivity index (χ0n) is 19.7. The Morgan fingerprint density at radius 1 is 1.31 bits per heavy atom. The minimum atomic E-state index is -0.560. The Bertz CT molecular complexity index is 918. The third-order valence-corrected chi connectivity index (χ3v) is 5.15. The summed E-state index contributed by atoms with van der Waals surface area (Å²) in [7, 11) is 1.74. The molecule has 1 aliphatic heterocycles. The standard InChI is InChI=1S/C23H35N7O2/c1-6-19-28-20-13-12-17(15-30(20)29-19)26-21(24-5)25-14-18(16-10-8-7-9-11-16)27-22(31)32-23(2,3)4/h7-11,17-18H,6,12-15H2,1-5H3,(H,27,31)(H2,24,25,26). The molecule has 2 atom stereocenters. The van der Waals surface area contributed by atoms with Gasteiger partial charge >= 0.3 is 6.09 Å². The van der Waals surface area contributed by atoms with E-state index in [1.54, 1.807) is 7.05 Å². The SMILES string of the molecule is CCc1nc2n(n1)CC(NC(=NC)NCC(NC(=O)OC(C)(C)C)c1ccccc1)CC2. The van der Waals surface area contributed by atoms with E-state index < -0.39 is 11.7 Å². The van der Waals surface area contributed by atoms with E-state index in [4.69, 9.17) is 4.74 Å². The summed E-state index contributed by atoms with van der Waals surface area (Å²) in [6.07, 6.45) is 2.23. The topological polar surface area (TPSA) is 105 Å². The Hall–Kier alpha value is -3.10. The van der Waals surface area contributed by atoms with E-state index in [0.717, 1.165) is 43.0 Å². The monoisotopic (exact) mass is 441 g/mol. The van der Waals surface area contributed by atoms with Gasteiger partial charge in [-0.2, -0.15) is 5.10 Å². The van der Waals surface area contributed by atoms with Crippen molar-refractivity contribution in [3.63, 3.8) is 0 Å². The quantitative estimate of drug-likeness (QED) is 0.470. The maximum atomic E-state index is 12.4. The number of aromatic nitrogens is 3. The van der Waals surface area contributed by atoms with Gasteiger partial charge in [-0.05, 0) is 32.8 Å². The first-order valence-corrected chi connectivity index (χ1v) is 11.2. The summed E-state index contributed by atoms with van der Waals surface area (Å²) in [5, 5.41) is 14.4. The Morgan fingerprint density at radius 2 is 2.06 bits per heavy atom. The number of hydrogen-bond acceptors (Lipinski definition) is 5. The van der Waals surface area contributed by atoms with Gasteiger partial charge in [0, 0.05) is 32.5 Å². The van der Waals surface area contributed by atoms with E-state index in [1.165, 1.54) is 0 Å². The number of amides is 1. The molecular formula is C23H35N7O2. The first kappa shape index (κ1) is 23.6. The summed E-state index contributed by atoms with van der Waals surface area (Å²) in [5.41, 5.74) is 0.424. The maximum absolute atomic E-state index is 12.4. The molecule has 1 aromatic heterocycles. The number of alkyl carbamates (subject to hydrolysis) is 1. The van der Waals surface area contributed by atoms with E-state index >= 15 is 0 Å². The van der Waals surface area contributed by atoms with Gasteiger partial charge in [0.1, 0.15) is 11.4 Å². The highest BCUT2D eigenvalue weighted by Crippen LogP contribution is 2.15. The van der Waals surface area contributed by atoms with E-state index in [2.05, 4.69) is 37.9 Å². The number of ether oxygens (including phenoxy) is 1. The second-order valence-electron chi connectivity index (χ2n) is 8.92. The van der Waals surface area contributed by atoms with Crippen LogP contribution in [-0.4, -0.2) is 52.1 Å². The van der Waals surface area contributed by atoms with E-state index in [0.29, 0.717) is 12.5 Å². The van der Waals surface area contributed by atoms with Gasteiger partial charge in [0.2, 0.25) is 0 Å². The van der Waals surface area contributed by atoms with Gasteiger partial charge < -0.3 is 20.7 Å². The Balaban J connectivity index is 1.60. The molecule has 174 valence electrons. The van der Waals surface area contributed by atoms with Crippen LogP contribution in [0.15, 0.2) is 35.3 Å². The number of nitrogens with one attached hydrogen (secondary N) is 3. The third-order valence-electron chi connectivity index (χ3n) is 5.15. The van der Waals surface area contributed by atoms with Crippen molar-refractivity contribution >= 4 is 12.1 Å². The fourth-order valence-electron chi connectivity index (χ4n) is 3.60. The van der Waals surface area contributed by atoms with E-state index in [1.807, 2.05) is 55.8 Å². The van der Waals surface area contributed by atoms with Gasteiger partial charge in [-0.25, -0.2) is 14.5 Å². The minimum absolute atomic E-state index is 0.203. The first-order chi connectivity index (χ1) is 15.3. The molecule has 0 bridgehead atoms. The fourth-order valence-corrected chi connectivity index (χ4v) is 3.60. The van der Waals surface area contributed by atoms with Crippen molar-refractivity contribution in [2.45, 2.75) is 71.2 Å². The van der Waals surface area contributed by atoms with Crippen LogP contribution in [0, 0.1) is 0 Å². The molecule has 0 aliphatic carbocycles. The van der Waals surface area contributed by atoms with Gasteiger partial charge in [0.15, 0.2) is 11.8 Å². The molecule has 0 spiro atoms. The summed E-state index contributed by atoms with van der Waals surface area (Å²) < 4.78 is 7.44. The average Bonchev–Trinajstić information content (AvgIpc) is 3.17. The molecule has 0 fully saturated rings. The van der Waals surface area contributed by atoms with Crippen molar-refractivity contribution in [3.8, 4) is 0 Å². The second kappa shape index (κ2) is 10.5. The molecule has 9 heteroatoms. The number of rotatable bonds is 6. The van der Waals surface area contributed by atoms with Crippen LogP contribution in [-0.2, 0) is 24.1 Å². The number of aliphatic imine (C=N–C) groups is 1. The second-order valence-corrected chi connectivity index (χ2v) is 8.92. The van der Waals surface area contributed by atoms with Crippen LogP contribution < -0.4 is 16.0 Å². The Kier molecular flexibility index (Phi) is 7.71. The fraction of sp³-hybridized carbons (Fsp3) is 0.565. The summed E-state index contributed by atoms with van der Waals surface area (Å²) in [5.74, 6) is 2.62. The van der Waals surface area contributed by atoms with Crippen molar-refractivity contribution in [1.82, 2.24) is 30.7 Å². The van der Waals surface area contributed by atoms with Crippen LogP contribution in [0.4, 0.5) is 4.79 Å². The smallest absolute Gasteiger partial charge is 0.408 e. The highest BCUT2D eigenvalue weighted by atomic mass is 16.6. The van der Waals surface area contributed by atoms with Crippen molar-refractivity contribution in [2.24, 2.45) is 4.99 Å². The van der Waals surface area contributed by atoms with E-state index in [9.17, 15) is 4.79 Å². The molecule has 2 aromatic rings. The molecule has 1 aromatic carbocycles. The largest absolute Gasteiger partial charge is 0.444 e. The average molecular weight is 442 g/mol. The van der Waals surface area contributed by atoms with Crippen molar-refractivity contribution in [1.29, 1.82) is 0 Å². The van der Waals surface area contributed by atoms with E-state index in [-0.39, 0.29) is 12.1 Å². The maximum Gasteiger partial charge on any atom is 0.408 e. The number of hydrogen-bond donors (Lipinski definition) is 3. The van der Waals surface area contributed by atoms with Crippen LogP contribution in [0.1, 0.15) is 57.4 Å². The van der Waals surface area contributed by atoms with Crippen LogP contribution in [0.25, 0.3) is 0 Å². The van der Waals surface area contributed by atoms with Crippen LogP contribution >= 0.6 is 0 Å². The number of benzene rings is 1. The van der Waals surface area contributed by atoms with Crippen LogP contribution in [0.2, 0.25) is 0 Å². The Morgan fingerprint density at radius 3 is 2.72 bits per heavy atom. The summed E-state index contributed by atoms with van der Waals surface area (Å²) >= 11 is 0. The van der Waals surface area contributed by atoms with Crippen molar-refractivity contribution in [3.05, 3.63) is 47.5 Å². The van der Waals surface area contributed by atoms with Crippen molar-refractivity contribution < 1.29 is 9.53 Å². The number of aryl methyl sites for hydroxylation is 2. The lowest BCUT2D eigenvalue weighted by Crippen LogP contribution is -2.49. The minimum Gasteiger partial charge on any atom is -0.444 e. The highest BCUT2D eigenvalue weighted by Gasteiger charge is 2.24. The number of fused-ring (bicyclic) bond motifs is 1. The van der Waals surface area contributed by atoms with Crippen LogP contribution in [0.3, 0.4) is 0 Å². The molecule has 0 saturated carbocycles. The molecule has 3 rings (SSSR count). The van der Waals surface area contributed by atoms with Gasteiger partial charge in [0.05, 0.1) is 12.6 Å². The molecule has 0 saturated heterocycles. The normalized spacial score (nSPS) is 17.3. The summed E-state index contributed by atoms with van der Waals surface area (Å²) in [6.45, 7) is 8.83. The first-order valence-electron chi connectivity index (χ1n) is 11.2. The molecule has 2 unspecified atom stereocenters. The predicted molar refractivity (Wildman–Crippen MR) is 125 cm³/mol. The van der Waals surface area contributed by atoms with Gasteiger partial charge in [0.25, 0.3) is 0 Å². The zero-order chi connectivity index (χ0) is 23.1.